The van der Waals surface area contributed by atoms with Crippen molar-refractivity contribution in [2.75, 3.05) is 14.2 Å². The highest BCUT2D eigenvalue weighted by Crippen LogP contribution is 2.47. The number of Topliss-reactive ketones (excluding diaryl/α,β-unsaturated/α-hetero) is 2. The third kappa shape index (κ3) is 12.1. The van der Waals surface area contributed by atoms with Crippen molar-refractivity contribution in [2.45, 2.75) is 63.6 Å². The first-order chi connectivity index (χ1) is 47.4. The van der Waals surface area contributed by atoms with Gasteiger partial charge in [-0.2, -0.15) is 0 Å². The topological polar surface area (TPSA) is 187 Å². The molecule has 0 fully saturated rings. The van der Waals surface area contributed by atoms with Gasteiger partial charge in [-0.15, -0.1) is 0 Å². The Morgan fingerprint density at radius 3 is 1.02 bits per heavy atom. The van der Waals surface area contributed by atoms with Crippen LogP contribution in [-0.2, 0) is 31.5 Å². The number of H-pyrrole nitrogens is 4. The van der Waals surface area contributed by atoms with Gasteiger partial charge in [0, 0.05) is 43.6 Å². The molecule has 14 aromatic rings. The maximum Gasteiger partial charge on any atom is 0.515 e. The van der Waals surface area contributed by atoms with Crippen LogP contribution in [0, 0.1) is 0 Å². The fourth-order valence-electron chi connectivity index (χ4n) is 13.0. The highest BCUT2D eigenvalue weighted by molar-refractivity contribution is 6.20. The maximum atomic E-state index is 15.4. The molecule has 0 unspecified atom stereocenters. The van der Waals surface area contributed by atoms with Gasteiger partial charge in [0.1, 0.15) is 28.5 Å². The molecule has 4 aromatic heterocycles. The fraction of sp³-hybridized carbons (Fsp3) is 0.143. The molecule has 98 heavy (non-hydrogen) atoms. The largest absolute Gasteiger partial charge is 0.515 e. The predicted octanol–water partition coefficient (Wildman–Crippen LogP) is 19.9. The van der Waals surface area contributed by atoms with E-state index in [0.29, 0.717) is 56.2 Å². The Bertz CT molecular complexity index is 5140. The molecule has 0 atom stereocenters. The first-order valence-electron chi connectivity index (χ1n) is 32.3. The lowest BCUT2D eigenvalue weighted by Gasteiger charge is -2.30. The van der Waals surface area contributed by atoms with Crippen LogP contribution in [0.2, 0.25) is 0 Å². The third-order valence-corrected chi connectivity index (χ3v) is 18.7. The Morgan fingerprint density at radius 1 is 0.306 bits per heavy atom. The lowest BCUT2D eigenvalue weighted by atomic mass is 9.70. The summed E-state index contributed by atoms with van der Waals surface area (Å²) < 4.78 is 35.0. The summed E-state index contributed by atoms with van der Waals surface area (Å²) in [7, 11) is 3.21. The third-order valence-electron chi connectivity index (χ3n) is 18.7. The number of aromatic nitrogens is 4. The molecule has 0 spiro atoms. The quantitative estimate of drug-likeness (QED) is 0.0476. The van der Waals surface area contributed by atoms with Crippen LogP contribution < -0.4 is 18.9 Å². The van der Waals surface area contributed by atoms with Gasteiger partial charge in [-0.05, 0) is 136 Å². The molecule has 10 aromatic carbocycles. The van der Waals surface area contributed by atoms with Gasteiger partial charge in [0.05, 0.1) is 47.6 Å². The van der Waals surface area contributed by atoms with Crippen LogP contribution in [0.1, 0.15) is 95.6 Å². The zero-order valence-electron chi connectivity index (χ0n) is 55.5. The summed E-state index contributed by atoms with van der Waals surface area (Å²) in [6.45, 7) is 11.2. The Balaban J connectivity index is 0.000000178. The molecule has 14 heteroatoms. The first kappa shape index (κ1) is 64.5. The highest BCUT2D eigenvalue weighted by atomic mass is 16.7. The standard InChI is InChI=1S/C46H36N2O4.C38H36N2O6/c1-45(31-19-7-3-8-20-31,32-21-9-4-10-22-32)43(49)39-35-27-15-17-29-37(35)47-40(39)41-42(36-28-16-18-30-38(36)48-41)51-44(50)52-46(2,33-23-11-5-12-24-33)34-25-13-6-14-26-34;1-37(2,23-15-19-25(43-5)20-16-23)35(41)31-27-11-7-9-13-29(27)39-32(31)33-34(28-12-8-10-14-30(28)40-33)45-36(42)46-38(3,4)24-17-21-26(44-6)22-18-24/h3-30,47-48H,1-2H3;7-22,39-40H,1-6H3. The van der Waals surface area contributed by atoms with Gasteiger partial charge in [0.2, 0.25) is 0 Å². The van der Waals surface area contributed by atoms with E-state index in [4.69, 9.17) is 28.4 Å². The molecular formula is C84H72N4O10. The van der Waals surface area contributed by atoms with E-state index in [0.717, 1.165) is 66.2 Å². The summed E-state index contributed by atoms with van der Waals surface area (Å²) in [5.74, 6) is 1.72. The van der Waals surface area contributed by atoms with Gasteiger partial charge in [-0.25, -0.2) is 9.59 Å². The predicted molar refractivity (Wildman–Crippen MR) is 385 cm³/mol. The number of nitrogens with one attached hydrogen (secondary N) is 4. The highest BCUT2D eigenvalue weighted by Gasteiger charge is 2.42. The van der Waals surface area contributed by atoms with Gasteiger partial charge in [0.15, 0.2) is 28.7 Å². The molecule has 488 valence electrons. The minimum absolute atomic E-state index is 0.0991. The number of benzene rings is 10. The Morgan fingerprint density at radius 2 is 0.622 bits per heavy atom. The van der Waals surface area contributed by atoms with Gasteiger partial charge >= 0.3 is 12.3 Å². The number of fused-ring (bicyclic) bond motifs is 4. The van der Waals surface area contributed by atoms with Crippen molar-refractivity contribution in [3.63, 3.8) is 0 Å². The van der Waals surface area contributed by atoms with Gasteiger partial charge in [-0.1, -0.05) is 206 Å². The lowest BCUT2D eigenvalue weighted by molar-refractivity contribution is 0.00662. The first-order valence-corrected chi connectivity index (χ1v) is 32.3. The smallest absolute Gasteiger partial charge is 0.497 e. The Kier molecular flexibility index (Phi) is 17.5. The average molecular weight is 1300 g/mol. The minimum Gasteiger partial charge on any atom is -0.497 e. The van der Waals surface area contributed by atoms with Crippen molar-refractivity contribution in [2.24, 2.45) is 0 Å². The normalized spacial score (nSPS) is 11.8. The summed E-state index contributed by atoms with van der Waals surface area (Å²) in [6.07, 6.45) is -1.77. The lowest BCUT2D eigenvalue weighted by Crippen LogP contribution is -2.34. The minimum atomic E-state index is -1.15. The van der Waals surface area contributed by atoms with Crippen LogP contribution >= 0.6 is 0 Å². The van der Waals surface area contributed by atoms with Crippen molar-refractivity contribution in [1.29, 1.82) is 0 Å². The Hall–Kier alpha value is -12.2. The van der Waals surface area contributed by atoms with Crippen LogP contribution in [0.4, 0.5) is 9.59 Å². The molecule has 0 saturated carbocycles. The van der Waals surface area contributed by atoms with E-state index in [2.05, 4.69) is 19.9 Å². The van der Waals surface area contributed by atoms with Crippen molar-refractivity contribution in [1.82, 2.24) is 19.9 Å². The molecule has 0 radical (unpaired) electrons. The van der Waals surface area contributed by atoms with E-state index in [9.17, 15) is 14.4 Å². The van der Waals surface area contributed by atoms with E-state index in [-0.39, 0.29) is 23.1 Å². The molecule has 4 N–H and O–H groups in total. The summed E-state index contributed by atoms with van der Waals surface area (Å²) in [5.41, 5.74) is 6.76. The zero-order valence-corrected chi connectivity index (χ0v) is 55.5. The van der Waals surface area contributed by atoms with Crippen LogP contribution in [-0.4, -0.2) is 58.0 Å². The number of aromatic amines is 4. The summed E-state index contributed by atoms with van der Waals surface area (Å²) in [4.78, 5) is 71.5. The number of para-hydroxylation sites is 4. The second-order valence-corrected chi connectivity index (χ2v) is 25.4. The second kappa shape index (κ2) is 26.6. The second-order valence-electron chi connectivity index (χ2n) is 25.4. The number of carbonyl (C=O) groups excluding carboxylic acids is 4. The van der Waals surface area contributed by atoms with Gasteiger partial charge < -0.3 is 48.4 Å². The zero-order chi connectivity index (χ0) is 68.3. The monoisotopic (exact) mass is 1300 g/mol. The number of hydrogen-bond acceptors (Lipinski definition) is 10. The summed E-state index contributed by atoms with van der Waals surface area (Å²) >= 11 is 0. The van der Waals surface area contributed by atoms with E-state index in [1.54, 1.807) is 28.1 Å². The van der Waals surface area contributed by atoms with Crippen molar-refractivity contribution in [3.05, 3.63) is 311 Å². The molecule has 14 nitrogen and oxygen atoms in total. The average Bonchev–Trinajstić information content (AvgIpc) is 1.54. The van der Waals surface area contributed by atoms with Crippen molar-refractivity contribution in [3.8, 4) is 45.8 Å². The summed E-state index contributed by atoms with van der Waals surface area (Å²) in [5, 5.41) is 2.86. The Labute approximate surface area is 567 Å². The van der Waals surface area contributed by atoms with Crippen LogP contribution in [0.5, 0.6) is 23.0 Å². The van der Waals surface area contributed by atoms with E-state index in [1.807, 2.05) is 295 Å². The number of carbonyl (C=O) groups is 4. The van der Waals surface area contributed by atoms with E-state index >= 15 is 4.79 Å². The molecule has 0 bridgehead atoms. The van der Waals surface area contributed by atoms with E-state index in [1.165, 1.54) is 0 Å². The number of methoxy groups -OCH3 is 2. The van der Waals surface area contributed by atoms with Gasteiger partial charge in [0.25, 0.3) is 0 Å². The molecule has 0 saturated heterocycles. The molecule has 0 aliphatic heterocycles. The van der Waals surface area contributed by atoms with Crippen LogP contribution in [0.25, 0.3) is 66.4 Å². The molecule has 0 amide bonds. The van der Waals surface area contributed by atoms with Crippen LogP contribution in [0.15, 0.2) is 267 Å². The summed E-state index contributed by atoms with van der Waals surface area (Å²) in [6, 6.07) is 84.2. The van der Waals surface area contributed by atoms with Gasteiger partial charge in [-0.3, -0.25) is 9.59 Å². The van der Waals surface area contributed by atoms with Crippen molar-refractivity contribution < 1.29 is 47.6 Å². The molecule has 0 aliphatic rings. The SMILES string of the molecule is CC(OC(=O)Oc1c(-c2[nH]c3ccccc3c2C(=O)C(C)(c2ccccc2)c2ccccc2)[nH]c2ccccc12)(c1ccccc1)c1ccccc1.COc1ccc(C(C)(C)OC(=O)Oc2c(-c3[nH]c4ccccc4c3C(=O)C(C)(C)c3ccc(OC)cc3)[nH]c3ccccc23)cc1. The molecule has 0 aliphatic carbocycles. The molecule has 14 rings (SSSR count). The molecular weight excluding hydrogens is 1220 g/mol. The number of ether oxygens (including phenoxy) is 6. The number of ketones is 2. The fourth-order valence-corrected chi connectivity index (χ4v) is 13.0. The van der Waals surface area contributed by atoms with Crippen LogP contribution in [0.3, 0.4) is 0 Å². The number of hydrogen-bond donors (Lipinski definition) is 4. The maximum absolute atomic E-state index is 15.4. The van der Waals surface area contributed by atoms with E-state index < -0.39 is 34.3 Å². The number of rotatable bonds is 18. The molecule has 4 heterocycles. The van der Waals surface area contributed by atoms with Crippen molar-refractivity contribution >= 4 is 67.5 Å².